The Morgan fingerprint density at radius 3 is 2.78 bits per heavy atom. The van der Waals surface area contributed by atoms with E-state index in [0.29, 0.717) is 12.0 Å². The molecular weight excluding hydrogens is 228 g/mol. The second kappa shape index (κ2) is 7.01. The summed E-state index contributed by atoms with van der Waals surface area (Å²) in [5.74, 6) is -0.0656. The quantitative estimate of drug-likeness (QED) is 0.807. The third-order valence-corrected chi connectivity index (χ3v) is 2.80. The maximum absolute atomic E-state index is 12.0. The third kappa shape index (κ3) is 4.37. The minimum absolute atomic E-state index is 0.0656. The van der Waals surface area contributed by atoms with Gasteiger partial charge in [-0.25, -0.2) is 0 Å². The third-order valence-electron chi connectivity index (χ3n) is 2.80. The van der Waals surface area contributed by atoms with Gasteiger partial charge in [0.25, 0.3) is 5.91 Å². The van der Waals surface area contributed by atoms with Crippen LogP contribution in [0.1, 0.15) is 30.1 Å². The van der Waals surface area contributed by atoms with Crippen molar-refractivity contribution in [3.05, 3.63) is 29.8 Å². The van der Waals surface area contributed by atoms with E-state index in [9.17, 15) is 4.79 Å². The number of carbonyl (C=O) groups excluding carboxylic acids is 1. The molecule has 0 heterocycles. The van der Waals surface area contributed by atoms with Crippen LogP contribution < -0.4 is 10.2 Å². The molecular formula is C14H22N2O2. The minimum atomic E-state index is -0.0656. The van der Waals surface area contributed by atoms with Gasteiger partial charge in [0.05, 0.1) is 0 Å². The van der Waals surface area contributed by atoms with Crippen LogP contribution in [0.15, 0.2) is 24.3 Å². The van der Waals surface area contributed by atoms with Crippen LogP contribution in [0.4, 0.5) is 5.69 Å². The van der Waals surface area contributed by atoms with Gasteiger partial charge in [-0.1, -0.05) is 6.07 Å². The number of nitrogens with one attached hydrogen (secondary N) is 1. The Kier molecular flexibility index (Phi) is 5.65. The van der Waals surface area contributed by atoms with Crippen LogP contribution in [-0.2, 0) is 0 Å². The summed E-state index contributed by atoms with van der Waals surface area (Å²) in [7, 11) is 3.89. The summed E-state index contributed by atoms with van der Waals surface area (Å²) in [6, 6.07) is 7.59. The first-order chi connectivity index (χ1) is 8.54. The fraction of sp³-hybridized carbons (Fsp3) is 0.500. The Hall–Kier alpha value is -1.55. The van der Waals surface area contributed by atoms with Gasteiger partial charge in [-0.2, -0.15) is 0 Å². The van der Waals surface area contributed by atoms with Crippen LogP contribution in [0.2, 0.25) is 0 Å². The molecule has 0 saturated heterocycles. The minimum Gasteiger partial charge on any atom is -0.396 e. The van der Waals surface area contributed by atoms with Crippen molar-refractivity contribution in [1.29, 1.82) is 0 Å². The van der Waals surface area contributed by atoms with Crippen LogP contribution in [0, 0.1) is 0 Å². The number of nitrogens with zero attached hydrogens (tertiary/aromatic N) is 1. The van der Waals surface area contributed by atoms with E-state index in [2.05, 4.69) is 5.32 Å². The van der Waals surface area contributed by atoms with Gasteiger partial charge in [-0.15, -0.1) is 0 Å². The molecule has 1 aromatic carbocycles. The predicted octanol–water partition coefficient (Wildman–Crippen LogP) is 1.64. The van der Waals surface area contributed by atoms with Crippen molar-refractivity contribution < 1.29 is 9.90 Å². The molecule has 1 aromatic rings. The topological polar surface area (TPSA) is 52.6 Å². The van der Waals surface area contributed by atoms with Crippen LogP contribution in [0.3, 0.4) is 0 Å². The van der Waals surface area contributed by atoms with Crippen LogP contribution in [0.25, 0.3) is 0 Å². The van der Waals surface area contributed by atoms with Gasteiger partial charge in [0.15, 0.2) is 0 Å². The molecule has 0 aliphatic carbocycles. The molecule has 18 heavy (non-hydrogen) atoms. The SMILES string of the molecule is CC(CCCO)NC(=O)c1cccc(N(C)C)c1. The standard InChI is InChI=1S/C14H22N2O2/c1-11(6-5-9-17)15-14(18)12-7-4-8-13(10-12)16(2)3/h4,7-8,10-11,17H,5-6,9H2,1-3H3,(H,15,18). The van der Waals surface area contributed by atoms with Crippen LogP contribution in [0.5, 0.6) is 0 Å². The number of aliphatic hydroxyl groups is 1. The summed E-state index contributed by atoms with van der Waals surface area (Å²) in [5, 5.41) is 11.7. The molecule has 0 spiro atoms. The average molecular weight is 250 g/mol. The molecule has 4 nitrogen and oxygen atoms in total. The van der Waals surface area contributed by atoms with E-state index in [0.717, 1.165) is 12.1 Å². The highest BCUT2D eigenvalue weighted by Crippen LogP contribution is 2.13. The van der Waals surface area contributed by atoms with E-state index >= 15 is 0 Å². The molecule has 1 rings (SSSR count). The van der Waals surface area contributed by atoms with Crippen molar-refractivity contribution in [3.8, 4) is 0 Å². The van der Waals surface area contributed by atoms with Crippen molar-refractivity contribution in [2.45, 2.75) is 25.8 Å². The molecule has 1 amide bonds. The van der Waals surface area contributed by atoms with Gasteiger partial charge in [0, 0.05) is 38.0 Å². The van der Waals surface area contributed by atoms with Crippen LogP contribution in [-0.4, -0.2) is 37.8 Å². The van der Waals surface area contributed by atoms with Crippen molar-refractivity contribution in [2.75, 3.05) is 25.6 Å². The smallest absolute Gasteiger partial charge is 0.251 e. The van der Waals surface area contributed by atoms with Crippen molar-refractivity contribution in [1.82, 2.24) is 5.32 Å². The van der Waals surface area contributed by atoms with E-state index in [1.165, 1.54) is 0 Å². The average Bonchev–Trinajstić information content (AvgIpc) is 2.36. The van der Waals surface area contributed by atoms with E-state index < -0.39 is 0 Å². The van der Waals surface area contributed by atoms with E-state index in [1.54, 1.807) is 6.07 Å². The Balaban J connectivity index is 2.63. The fourth-order valence-corrected chi connectivity index (χ4v) is 1.70. The van der Waals surface area contributed by atoms with Gasteiger partial charge in [-0.05, 0) is 38.0 Å². The summed E-state index contributed by atoms with van der Waals surface area (Å²) in [6.07, 6.45) is 1.49. The summed E-state index contributed by atoms with van der Waals surface area (Å²) in [6.45, 7) is 2.11. The highest BCUT2D eigenvalue weighted by Gasteiger charge is 2.10. The maximum Gasteiger partial charge on any atom is 0.251 e. The molecule has 0 aromatic heterocycles. The Morgan fingerprint density at radius 1 is 1.44 bits per heavy atom. The lowest BCUT2D eigenvalue weighted by atomic mass is 10.1. The van der Waals surface area contributed by atoms with Gasteiger partial charge < -0.3 is 15.3 Å². The molecule has 2 N–H and O–H groups in total. The molecule has 0 bridgehead atoms. The number of benzene rings is 1. The number of amides is 1. The number of aliphatic hydroxyl groups excluding tert-OH is 1. The van der Waals surface area contributed by atoms with E-state index in [4.69, 9.17) is 5.11 Å². The fourth-order valence-electron chi connectivity index (χ4n) is 1.70. The second-order valence-corrected chi connectivity index (χ2v) is 4.69. The Labute approximate surface area is 109 Å². The van der Waals surface area contributed by atoms with Gasteiger partial charge in [0.1, 0.15) is 0 Å². The first-order valence-electron chi connectivity index (χ1n) is 6.23. The predicted molar refractivity (Wildman–Crippen MR) is 74.0 cm³/mol. The zero-order valence-electron chi connectivity index (χ0n) is 11.3. The second-order valence-electron chi connectivity index (χ2n) is 4.69. The number of anilines is 1. The first kappa shape index (κ1) is 14.5. The van der Waals surface area contributed by atoms with Gasteiger partial charge in [0.2, 0.25) is 0 Å². The molecule has 0 aliphatic rings. The summed E-state index contributed by atoms with van der Waals surface area (Å²) in [4.78, 5) is 14.0. The lowest BCUT2D eigenvalue weighted by molar-refractivity contribution is 0.0936. The summed E-state index contributed by atoms with van der Waals surface area (Å²) >= 11 is 0. The normalized spacial score (nSPS) is 12.0. The number of rotatable bonds is 6. The first-order valence-corrected chi connectivity index (χ1v) is 6.23. The van der Waals surface area contributed by atoms with Crippen molar-refractivity contribution in [2.24, 2.45) is 0 Å². The lowest BCUT2D eigenvalue weighted by Crippen LogP contribution is -2.32. The Bertz CT molecular complexity index is 391. The number of hydrogen-bond acceptors (Lipinski definition) is 3. The highest BCUT2D eigenvalue weighted by atomic mass is 16.2. The lowest BCUT2D eigenvalue weighted by Gasteiger charge is -2.16. The highest BCUT2D eigenvalue weighted by molar-refractivity contribution is 5.95. The van der Waals surface area contributed by atoms with E-state index in [-0.39, 0.29) is 18.6 Å². The number of hydrogen-bond donors (Lipinski definition) is 2. The zero-order valence-corrected chi connectivity index (χ0v) is 11.3. The Morgan fingerprint density at radius 2 is 2.17 bits per heavy atom. The molecule has 1 unspecified atom stereocenters. The number of carbonyl (C=O) groups is 1. The maximum atomic E-state index is 12.0. The van der Waals surface area contributed by atoms with Gasteiger partial charge in [-0.3, -0.25) is 4.79 Å². The largest absolute Gasteiger partial charge is 0.396 e. The zero-order chi connectivity index (χ0) is 13.5. The molecule has 0 aliphatic heterocycles. The molecule has 100 valence electrons. The van der Waals surface area contributed by atoms with Crippen LogP contribution >= 0.6 is 0 Å². The summed E-state index contributed by atoms with van der Waals surface area (Å²) < 4.78 is 0. The van der Waals surface area contributed by atoms with E-state index in [1.807, 2.05) is 44.1 Å². The molecule has 0 fully saturated rings. The molecule has 1 atom stereocenters. The van der Waals surface area contributed by atoms with Crippen molar-refractivity contribution in [3.63, 3.8) is 0 Å². The summed E-state index contributed by atoms with van der Waals surface area (Å²) in [5.41, 5.74) is 1.67. The molecule has 4 heteroatoms. The molecule has 0 saturated carbocycles. The van der Waals surface area contributed by atoms with Gasteiger partial charge >= 0.3 is 0 Å². The molecule has 0 radical (unpaired) electrons. The monoisotopic (exact) mass is 250 g/mol. The van der Waals surface area contributed by atoms with Crippen molar-refractivity contribution >= 4 is 11.6 Å².